The summed E-state index contributed by atoms with van der Waals surface area (Å²) < 4.78 is 0. The topological polar surface area (TPSA) is 116 Å². The molecule has 4 rings (SSSR count). The van der Waals surface area contributed by atoms with E-state index in [1.165, 1.54) is 51.4 Å². The first-order valence-electron chi connectivity index (χ1n) is 27.3. The van der Waals surface area contributed by atoms with Crippen molar-refractivity contribution in [3.8, 4) is 0 Å². The molecule has 0 spiro atoms. The SMILES string of the molecule is CC(C)CCC[C@H](C)CCNC(=O)c1cc(C(=O)NCC[C@@H](C)CCCC(C)C)c2ccc3c(C(=O)NCC[C@@H](C)CCCC(C)C)cc(C(=O)NCC[C@@H](C)CCCC(C)C)c4ccc1c2c43. The van der Waals surface area contributed by atoms with Crippen LogP contribution in [0.25, 0.3) is 32.3 Å². The molecule has 8 nitrogen and oxygen atoms in total. The fourth-order valence-electron chi connectivity index (χ4n) is 9.93. The summed E-state index contributed by atoms with van der Waals surface area (Å²) in [7, 11) is 0. The zero-order valence-electron chi connectivity index (χ0n) is 44.9. The molecule has 8 heteroatoms. The molecule has 0 saturated heterocycles. The van der Waals surface area contributed by atoms with Gasteiger partial charge in [0.2, 0.25) is 0 Å². The zero-order chi connectivity index (χ0) is 49.9. The van der Waals surface area contributed by atoms with Crippen molar-refractivity contribution in [1.82, 2.24) is 21.3 Å². The van der Waals surface area contributed by atoms with Gasteiger partial charge in [-0.25, -0.2) is 0 Å². The molecular weight excluding hydrogens is 841 g/mol. The Hall–Kier alpha value is -4.20. The lowest BCUT2D eigenvalue weighted by molar-refractivity contribution is 0.0937. The number of hydrogen-bond donors (Lipinski definition) is 4. The van der Waals surface area contributed by atoms with Crippen molar-refractivity contribution < 1.29 is 19.2 Å². The van der Waals surface area contributed by atoms with E-state index in [2.05, 4.69) is 104 Å². The van der Waals surface area contributed by atoms with Gasteiger partial charge in [0, 0.05) is 48.4 Å². The maximum atomic E-state index is 14.4. The zero-order valence-corrected chi connectivity index (χ0v) is 44.9. The quantitative estimate of drug-likeness (QED) is 0.0365. The predicted octanol–water partition coefficient (Wildman–Crippen LogP) is 14.9. The summed E-state index contributed by atoms with van der Waals surface area (Å²) in [6, 6.07) is 11.3. The summed E-state index contributed by atoms with van der Waals surface area (Å²) in [5.74, 6) is 3.66. The number of carbonyl (C=O) groups is 4. The number of nitrogens with one attached hydrogen (secondary N) is 4. The Labute approximate surface area is 412 Å². The molecule has 0 heterocycles. The van der Waals surface area contributed by atoms with Crippen LogP contribution in [-0.4, -0.2) is 49.8 Å². The van der Waals surface area contributed by atoms with E-state index in [0.717, 1.165) is 62.1 Å². The third-order valence-corrected chi connectivity index (χ3v) is 14.5. The second-order valence-electron chi connectivity index (χ2n) is 22.9. The number of rotatable bonds is 32. The third-order valence-electron chi connectivity index (χ3n) is 14.5. The van der Waals surface area contributed by atoms with Crippen LogP contribution in [0, 0.1) is 47.3 Å². The van der Waals surface area contributed by atoms with Crippen LogP contribution in [0.5, 0.6) is 0 Å². The molecule has 0 fully saturated rings. The van der Waals surface area contributed by atoms with Crippen molar-refractivity contribution in [3.63, 3.8) is 0 Å². The fraction of sp³-hybridized carbons (Fsp3) is 0.667. The largest absolute Gasteiger partial charge is 0.352 e. The maximum Gasteiger partial charge on any atom is 0.251 e. The van der Waals surface area contributed by atoms with E-state index >= 15 is 0 Å². The van der Waals surface area contributed by atoms with Crippen LogP contribution in [0.2, 0.25) is 0 Å². The van der Waals surface area contributed by atoms with E-state index in [0.29, 0.717) is 117 Å². The first kappa shape index (κ1) is 56.4. The van der Waals surface area contributed by atoms with Crippen LogP contribution >= 0.6 is 0 Å². The Morgan fingerprint density at radius 3 is 0.721 bits per heavy atom. The van der Waals surface area contributed by atoms with Gasteiger partial charge in [0.05, 0.1) is 0 Å². The minimum absolute atomic E-state index is 0.230. The van der Waals surface area contributed by atoms with Crippen molar-refractivity contribution in [1.29, 1.82) is 0 Å². The number of benzene rings is 4. The van der Waals surface area contributed by atoms with Crippen molar-refractivity contribution in [2.24, 2.45) is 47.3 Å². The molecule has 0 aliphatic rings. The lowest BCUT2D eigenvalue weighted by Gasteiger charge is -2.21. The third kappa shape index (κ3) is 17.6. The molecule has 0 aromatic heterocycles. The highest BCUT2D eigenvalue weighted by molar-refractivity contribution is 6.33. The van der Waals surface area contributed by atoms with E-state index in [4.69, 9.17) is 0 Å². The molecule has 0 unspecified atom stereocenters. The van der Waals surface area contributed by atoms with Crippen molar-refractivity contribution >= 4 is 55.9 Å². The molecule has 4 atom stereocenters. The van der Waals surface area contributed by atoms with Gasteiger partial charge in [0.15, 0.2) is 0 Å². The summed E-state index contributed by atoms with van der Waals surface area (Å²) in [5, 5.41) is 17.1. The maximum absolute atomic E-state index is 14.4. The molecule has 0 aliphatic heterocycles. The molecule has 0 bridgehead atoms. The average Bonchev–Trinajstić information content (AvgIpc) is 3.27. The molecule has 4 amide bonds. The van der Waals surface area contributed by atoms with Crippen LogP contribution < -0.4 is 21.3 Å². The normalized spacial score (nSPS) is 13.8. The monoisotopic (exact) mass is 935 g/mol. The van der Waals surface area contributed by atoms with E-state index < -0.39 is 0 Å². The fourth-order valence-corrected chi connectivity index (χ4v) is 9.93. The Bertz CT molecular complexity index is 1890. The first-order valence-corrected chi connectivity index (χ1v) is 27.3. The Morgan fingerprint density at radius 2 is 0.529 bits per heavy atom. The van der Waals surface area contributed by atoms with Crippen LogP contribution in [0.3, 0.4) is 0 Å². The molecule has 378 valence electrons. The molecule has 0 saturated carbocycles. The Balaban J connectivity index is 1.78. The van der Waals surface area contributed by atoms with Gasteiger partial charge < -0.3 is 21.3 Å². The van der Waals surface area contributed by atoms with Crippen molar-refractivity contribution in [2.75, 3.05) is 26.2 Å². The van der Waals surface area contributed by atoms with Gasteiger partial charge in [-0.3, -0.25) is 19.2 Å². The Kier molecular flexibility index (Phi) is 23.6. The molecule has 4 N–H and O–H groups in total. The molecule has 4 aromatic carbocycles. The number of amides is 4. The smallest absolute Gasteiger partial charge is 0.251 e. The van der Waals surface area contributed by atoms with Gasteiger partial charge in [-0.15, -0.1) is 0 Å². The summed E-state index contributed by atoms with van der Waals surface area (Å²) in [6.45, 7) is 29.2. The van der Waals surface area contributed by atoms with Crippen LogP contribution in [0.1, 0.15) is 227 Å². The Morgan fingerprint density at radius 1 is 0.324 bits per heavy atom. The second-order valence-corrected chi connectivity index (χ2v) is 22.9. The van der Waals surface area contributed by atoms with E-state index in [1.54, 1.807) is 12.1 Å². The summed E-state index contributed by atoms with van der Waals surface area (Å²) in [6.07, 6.45) is 17.4. The molecule has 0 aliphatic carbocycles. The molecule has 0 radical (unpaired) electrons. The van der Waals surface area contributed by atoms with Gasteiger partial charge in [-0.05, 0) is 117 Å². The molecule has 68 heavy (non-hydrogen) atoms. The highest BCUT2D eigenvalue weighted by Gasteiger charge is 2.26. The lowest BCUT2D eigenvalue weighted by Crippen LogP contribution is -2.29. The van der Waals surface area contributed by atoms with Crippen LogP contribution in [0.4, 0.5) is 0 Å². The number of carbonyl (C=O) groups excluding carboxylic acids is 4. The van der Waals surface area contributed by atoms with Gasteiger partial charge in [0.1, 0.15) is 0 Å². The summed E-state index contributed by atoms with van der Waals surface area (Å²) in [4.78, 5) is 57.7. The van der Waals surface area contributed by atoms with Gasteiger partial charge in [0.25, 0.3) is 23.6 Å². The lowest BCUT2D eigenvalue weighted by atomic mass is 9.85. The van der Waals surface area contributed by atoms with E-state index in [9.17, 15) is 19.2 Å². The summed E-state index contributed by atoms with van der Waals surface area (Å²) >= 11 is 0. The minimum atomic E-state index is -0.230. The average molecular weight is 935 g/mol. The highest BCUT2D eigenvalue weighted by atomic mass is 16.2. The molecule has 4 aromatic rings. The summed E-state index contributed by atoms with van der Waals surface area (Å²) in [5.41, 5.74) is 1.69. The first-order chi connectivity index (χ1) is 32.4. The van der Waals surface area contributed by atoms with Gasteiger partial charge in [-0.1, -0.05) is 184 Å². The molecular formula is C60H94N4O4. The van der Waals surface area contributed by atoms with E-state index in [1.807, 2.05) is 24.3 Å². The minimum Gasteiger partial charge on any atom is -0.352 e. The van der Waals surface area contributed by atoms with Gasteiger partial charge >= 0.3 is 0 Å². The van der Waals surface area contributed by atoms with Crippen molar-refractivity contribution in [2.45, 2.75) is 186 Å². The van der Waals surface area contributed by atoms with E-state index in [-0.39, 0.29) is 23.6 Å². The highest BCUT2D eigenvalue weighted by Crippen LogP contribution is 2.41. The van der Waals surface area contributed by atoms with Crippen LogP contribution in [-0.2, 0) is 0 Å². The standard InChI is InChI=1S/C60H94N4O4/c1-39(2)17-13-21-43(9)29-33-61-57(65)51-37-52(58(66)62-34-30-44(10)22-14-18-40(3)4)48-27-28-50-54(60(68)64-36-32-46(12)24-16-20-42(7)8)38-53(49-26-25-47(51)55(48)56(49)50)59(67)63-35-31-45(11)23-15-19-41(5)6/h25-28,37-46H,13-24,29-36H2,1-12H3,(H,61,65)(H,62,66)(H,63,67)(H,64,68)/t43-,44-,45-,46-/m0/s1. The predicted molar refractivity (Wildman–Crippen MR) is 289 cm³/mol. The second kappa shape index (κ2) is 28.5. The van der Waals surface area contributed by atoms with Crippen molar-refractivity contribution in [3.05, 3.63) is 58.7 Å². The van der Waals surface area contributed by atoms with Gasteiger partial charge in [-0.2, -0.15) is 0 Å². The van der Waals surface area contributed by atoms with Crippen LogP contribution in [0.15, 0.2) is 36.4 Å². The number of hydrogen-bond acceptors (Lipinski definition) is 4.